The molecule has 2 N–H and O–H groups in total. The third kappa shape index (κ3) is 2.08. The van der Waals surface area contributed by atoms with Gasteiger partial charge < -0.3 is 5.73 Å². The topological polar surface area (TPSA) is 26.0 Å². The van der Waals surface area contributed by atoms with Crippen LogP contribution in [0.3, 0.4) is 0 Å². The summed E-state index contributed by atoms with van der Waals surface area (Å²) in [5.74, 6) is 0.487. The van der Waals surface area contributed by atoms with Crippen LogP contribution in [0.1, 0.15) is 24.8 Å². The zero-order chi connectivity index (χ0) is 8.97. The lowest BCUT2D eigenvalue weighted by Crippen LogP contribution is -2.11. The standard InChI is InChI=1S/C10H14BrN/c1-2-8(7-12)9-5-3-4-6-10(9)11/h3-6,8H,2,7,12H2,1H3. The molecule has 0 saturated heterocycles. The fourth-order valence-corrected chi connectivity index (χ4v) is 1.93. The first-order chi connectivity index (χ1) is 5.79. The van der Waals surface area contributed by atoms with E-state index in [1.54, 1.807) is 0 Å². The second-order valence-electron chi connectivity index (χ2n) is 2.86. The average molecular weight is 228 g/mol. The highest BCUT2D eigenvalue weighted by Gasteiger charge is 2.09. The predicted octanol–water partition coefficient (Wildman–Crippen LogP) is 2.90. The van der Waals surface area contributed by atoms with Gasteiger partial charge in [-0.3, -0.25) is 0 Å². The van der Waals surface area contributed by atoms with E-state index in [-0.39, 0.29) is 0 Å². The SMILES string of the molecule is CCC(CN)c1ccccc1Br. The van der Waals surface area contributed by atoms with Crippen LogP contribution in [0, 0.1) is 0 Å². The van der Waals surface area contributed by atoms with Crippen molar-refractivity contribution in [2.45, 2.75) is 19.3 Å². The molecule has 0 radical (unpaired) electrons. The minimum absolute atomic E-state index is 0.487. The van der Waals surface area contributed by atoms with Crippen molar-refractivity contribution in [1.29, 1.82) is 0 Å². The molecule has 0 fully saturated rings. The Morgan fingerprint density at radius 3 is 2.58 bits per heavy atom. The summed E-state index contributed by atoms with van der Waals surface area (Å²) >= 11 is 3.52. The van der Waals surface area contributed by atoms with Gasteiger partial charge in [0, 0.05) is 4.47 Å². The van der Waals surface area contributed by atoms with Crippen molar-refractivity contribution >= 4 is 15.9 Å². The summed E-state index contributed by atoms with van der Waals surface area (Å²) in [4.78, 5) is 0. The van der Waals surface area contributed by atoms with E-state index < -0.39 is 0 Å². The van der Waals surface area contributed by atoms with Crippen molar-refractivity contribution in [2.75, 3.05) is 6.54 Å². The normalized spacial score (nSPS) is 12.9. The first-order valence-corrected chi connectivity index (χ1v) is 5.03. The van der Waals surface area contributed by atoms with E-state index in [1.165, 1.54) is 10.0 Å². The largest absolute Gasteiger partial charge is 0.330 e. The van der Waals surface area contributed by atoms with E-state index in [0.29, 0.717) is 5.92 Å². The Morgan fingerprint density at radius 1 is 1.42 bits per heavy atom. The molecule has 1 nitrogen and oxygen atoms in total. The van der Waals surface area contributed by atoms with Crippen LogP contribution in [0.2, 0.25) is 0 Å². The molecule has 0 saturated carbocycles. The third-order valence-corrected chi connectivity index (χ3v) is 2.84. The summed E-state index contributed by atoms with van der Waals surface area (Å²) in [5, 5.41) is 0. The zero-order valence-electron chi connectivity index (χ0n) is 7.26. The minimum Gasteiger partial charge on any atom is -0.330 e. The molecule has 1 atom stereocenters. The van der Waals surface area contributed by atoms with Crippen molar-refractivity contribution in [1.82, 2.24) is 0 Å². The van der Waals surface area contributed by atoms with Gasteiger partial charge in [-0.25, -0.2) is 0 Å². The van der Waals surface area contributed by atoms with E-state index in [0.717, 1.165) is 13.0 Å². The molecular formula is C10H14BrN. The Bertz CT molecular complexity index is 243. The van der Waals surface area contributed by atoms with Crippen LogP contribution in [-0.2, 0) is 0 Å². The van der Waals surface area contributed by atoms with Gasteiger partial charge in [0.2, 0.25) is 0 Å². The smallest absolute Gasteiger partial charge is 0.0210 e. The molecule has 0 aliphatic rings. The van der Waals surface area contributed by atoms with E-state index in [2.05, 4.69) is 41.1 Å². The number of nitrogens with two attached hydrogens (primary N) is 1. The molecule has 66 valence electrons. The van der Waals surface area contributed by atoms with Gasteiger partial charge in [0.05, 0.1) is 0 Å². The average Bonchev–Trinajstić information content (AvgIpc) is 2.10. The van der Waals surface area contributed by atoms with Gasteiger partial charge in [-0.2, -0.15) is 0 Å². The highest BCUT2D eigenvalue weighted by molar-refractivity contribution is 9.10. The van der Waals surface area contributed by atoms with Crippen molar-refractivity contribution in [3.05, 3.63) is 34.3 Å². The molecular weight excluding hydrogens is 214 g/mol. The first kappa shape index (κ1) is 9.75. The predicted molar refractivity (Wildman–Crippen MR) is 56.2 cm³/mol. The lowest BCUT2D eigenvalue weighted by Gasteiger charge is -2.13. The molecule has 0 heterocycles. The summed E-state index contributed by atoms with van der Waals surface area (Å²) in [6.45, 7) is 2.88. The fourth-order valence-electron chi connectivity index (χ4n) is 1.32. The first-order valence-electron chi connectivity index (χ1n) is 4.24. The quantitative estimate of drug-likeness (QED) is 0.845. The summed E-state index contributed by atoms with van der Waals surface area (Å²) in [5.41, 5.74) is 6.99. The highest BCUT2D eigenvalue weighted by atomic mass is 79.9. The van der Waals surface area contributed by atoms with E-state index in [1.807, 2.05) is 6.07 Å². The lowest BCUT2D eigenvalue weighted by atomic mass is 9.97. The van der Waals surface area contributed by atoms with Crippen molar-refractivity contribution < 1.29 is 0 Å². The van der Waals surface area contributed by atoms with Crippen molar-refractivity contribution in [3.8, 4) is 0 Å². The number of hydrogen-bond donors (Lipinski definition) is 1. The molecule has 0 spiro atoms. The van der Waals surface area contributed by atoms with Gasteiger partial charge in [-0.05, 0) is 30.5 Å². The minimum atomic E-state index is 0.487. The van der Waals surface area contributed by atoms with Crippen LogP contribution in [0.5, 0.6) is 0 Å². The lowest BCUT2D eigenvalue weighted by molar-refractivity contribution is 0.671. The number of hydrogen-bond acceptors (Lipinski definition) is 1. The molecule has 0 aliphatic heterocycles. The van der Waals surface area contributed by atoms with Gasteiger partial charge in [-0.15, -0.1) is 0 Å². The van der Waals surface area contributed by atoms with Crippen LogP contribution in [-0.4, -0.2) is 6.54 Å². The van der Waals surface area contributed by atoms with Gasteiger partial charge in [0.15, 0.2) is 0 Å². The van der Waals surface area contributed by atoms with Crippen molar-refractivity contribution in [3.63, 3.8) is 0 Å². The molecule has 1 rings (SSSR count). The Morgan fingerprint density at radius 2 is 2.08 bits per heavy atom. The Hall–Kier alpha value is -0.340. The molecule has 12 heavy (non-hydrogen) atoms. The van der Waals surface area contributed by atoms with Gasteiger partial charge in [0.25, 0.3) is 0 Å². The number of rotatable bonds is 3. The Balaban J connectivity index is 2.92. The fraction of sp³-hybridized carbons (Fsp3) is 0.400. The maximum absolute atomic E-state index is 5.66. The molecule has 1 unspecified atom stereocenters. The van der Waals surface area contributed by atoms with E-state index in [9.17, 15) is 0 Å². The number of benzene rings is 1. The van der Waals surface area contributed by atoms with Crippen LogP contribution < -0.4 is 5.73 Å². The molecule has 1 aromatic rings. The molecule has 0 aliphatic carbocycles. The van der Waals surface area contributed by atoms with Gasteiger partial charge in [-0.1, -0.05) is 41.1 Å². The molecule has 1 aromatic carbocycles. The third-order valence-electron chi connectivity index (χ3n) is 2.12. The molecule has 0 bridgehead atoms. The van der Waals surface area contributed by atoms with Crippen LogP contribution in [0.4, 0.5) is 0 Å². The highest BCUT2D eigenvalue weighted by Crippen LogP contribution is 2.25. The summed E-state index contributed by atoms with van der Waals surface area (Å²) in [6.07, 6.45) is 1.10. The Kier molecular flexibility index (Phi) is 3.76. The van der Waals surface area contributed by atoms with Gasteiger partial charge in [0.1, 0.15) is 0 Å². The van der Waals surface area contributed by atoms with E-state index in [4.69, 9.17) is 5.73 Å². The summed E-state index contributed by atoms with van der Waals surface area (Å²) in [6, 6.07) is 8.27. The molecule has 2 heteroatoms. The second kappa shape index (κ2) is 4.63. The van der Waals surface area contributed by atoms with Gasteiger partial charge >= 0.3 is 0 Å². The molecule has 0 amide bonds. The zero-order valence-corrected chi connectivity index (χ0v) is 8.84. The molecule has 0 aromatic heterocycles. The summed E-state index contributed by atoms with van der Waals surface area (Å²) < 4.78 is 1.17. The summed E-state index contributed by atoms with van der Waals surface area (Å²) in [7, 11) is 0. The Labute approximate surface area is 82.1 Å². The second-order valence-corrected chi connectivity index (χ2v) is 3.72. The maximum Gasteiger partial charge on any atom is 0.0210 e. The van der Waals surface area contributed by atoms with Crippen molar-refractivity contribution in [2.24, 2.45) is 5.73 Å². The van der Waals surface area contributed by atoms with Crippen LogP contribution >= 0.6 is 15.9 Å². The number of halogens is 1. The monoisotopic (exact) mass is 227 g/mol. The van der Waals surface area contributed by atoms with E-state index >= 15 is 0 Å². The van der Waals surface area contributed by atoms with Crippen LogP contribution in [0.15, 0.2) is 28.7 Å². The van der Waals surface area contributed by atoms with Crippen LogP contribution in [0.25, 0.3) is 0 Å². The maximum atomic E-state index is 5.66.